The van der Waals surface area contributed by atoms with E-state index in [9.17, 15) is 0 Å². The molecule has 8 heteroatoms. The molecule has 0 aromatic carbocycles. The highest BCUT2D eigenvalue weighted by atomic mass is 79.9. The molecule has 0 aliphatic carbocycles. The summed E-state index contributed by atoms with van der Waals surface area (Å²) in [5.74, 6) is 0. The molecule has 2 aromatic rings. The summed E-state index contributed by atoms with van der Waals surface area (Å²) in [6.07, 6.45) is 3.75. The fourth-order valence-corrected chi connectivity index (χ4v) is 2.45. The molecule has 2 aromatic heterocycles. The van der Waals surface area contributed by atoms with Crippen molar-refractivity contribution in [2.75, 3.05) is 12.4 Å². The highest BCUT2D eigenvalue weighted by Crippen LogP contribution is 2.18. The monoisotopic (exact) mass is 370 g/mol. The molecular formula is C13H19BrN6S. The Bertz CT molecular complexity index is 647. The Labute approximate surface area is 138 Å². The number of nitrogens with zero attached hydrogens (tertiary/aromatic N) is 5. The molecular weight excluding hydrogens is 352 g/mol. The number of rotatable bonds is 4. The zero-order valence-electron chi connectivity index (χ0n) is 12.6. The van der Waals surface area contributed by atoms with Crippen molar-refractivity contribution in [1.82, 2.24) is 24.5 Å². The first-order chi connectivity index (χ1) is 9.92. The number of hydrogen-bond acceptors (Lipinski definition) is 3. The van der Waals surface area contributed by atoms with Crippen LogP contribution in [0.1, 0.15) is 18.3 Å². The van der Waals surface area contributed by atoms with Crippen LogP contribution in [0.3, 0.4) is 0 Å². The van der Waals surface area contributed by atoms with Crippen LogP contribution in [0, 0.1) is 6.92 Å². The quantitative estimate of drug-likeness (QED) is 0.838. The lowest BCUT2D eigenvalue weighted by molar-refractivity contribution is 0.491. The number of anilines is 1. The van der Waals surface area contributed by atoms with E-state index >= 15 is 0 Å². The van der Waals surface area contributed by atoms with Crippen LogP contribution in [0.2, 0.25) is 0 Å². The lowest BCUT2D eigenvalue weighted by Crippen LogP contribution is -2.31. The van der Waals surface area contributed by atoms with Crippen LogP contribution in [-0.2, 0) is 20.1 Å². The lowest BCUT2D eigenvalue weighted by atomic mass is 10.4. The number of nitrogens with one attached hydrogen (secondary N) is 1. The maximum atomic E-state index is 5.43. The third-order valence-electron chi connectivity index (χ3n) is 3.32. The number of aromatic nitrogens is 4. The minimum Gasteiger partial charge on any atom is -0.346 e. The van der Waals surface area contributed by atoms with Gasteiger partial charge in [0.15, 0.2) is 5.11 Å². The molecule has 0 aliphatic heterocycles. The average Bonchev–Trinajstić information content (AvgIpc) is 2.96. The summed E-state index contributed by atoms with van der Waals surface area (Å²) >= 11 is 8.96. The van der Waals surface area contributed by atoms with Gasteiger partial charge in [0.2, 0.25) is 0 Å². The van der Waals surface area contributed by atoms with E-state index < -0.39 is 0 Å². The highest BCUT2D eigenvalue weighted by Gasteiger charge is 2.13. The topological polar surface area (TPSA) is 50.9 Å². The second kappa shape index (κ2) is 6.57. The summed E-state index contributed by atoms with van der Waals surface area (Å²) in [6, 6.07) is 0. The van der Waals surface area contributed by atoms with Gasteiger partial charge in [0.05, 0.1) is 34.3 Å². The van der Waals surface area contributed by atoms with E-state index in [0.717, 1.165) is 28.1 Å². The smallest absolute Gasteiger partial charge is 0.173 e. The molecule has 0 atom stereocenters. The second-order valence-electron chi connectivity index (χ2n) is 4.83. The van der Waals surface area contributed by atoms with Crippen molar-refractivity contribution in [3.63, 3.8) is 0 Å². The van der Waals surface area contributed by atoms with E-state index in [0.29, 0.717) is 11.7 Å². The molecule has 1 N–H and O–H groups in total. The van der Waals surface area contributed by atoms with Crippen LogP contribution in [0.5, 0.6) is 0 Å². The Morgan fingerprint density at radius 2 is 2.24 bits per heavy atom. The first-order valence-corrected chi connectivity index (χ1v) is 7.85. The van der Waals surface area contributed by atoms with Crippen LogP contribution < -0.4 is 5.32 Å². The maximum absolute atomic E-state index is 5.43. The van der Waals surface area contributed by atoms with Gasteiger partial charge in [0.25, 0.3) is 0 Å². The van der Waals surface area contributed by atoms with Gasteiger partial charge in [-0.05, 0) is 42.0 Å². The second-order valence-corrected chi connectivity index (χ2v) is 6.07. The molecule has 0 unspecified atom stereocenters. The minimum absolute atomic E-state index is 0.638. The van der Waals surface area contributed by atoms with Crippen molar-refractivity contribution in [2.24, 2.45) is 7.05 Å². The molecule has 0 bridgehead atoms. The number of aryl methyl sites for hydroxylation is 2. The van der Waals surface area contributed by atoms with Gasteiger partial charge in [0.1, 0.15) is 0 Å². The number of halogens is 1. The van der Waals surface area contributed by atoms with Crippen LogP contribution >= 0.6 is 28.1 Å². The summed E-state index contributed by atoms with van der Waals surface area (Å²) < 4.78 is 4.70. The predicted molar refractivity (Wildman–Crippen MR) is 91.2 cm³/mol. The van der Waals surface area contributed by atoms with Crippen molar-refractivity contribution in [2.45, 2.75) is 26.9 Å². The predicted octanol–water partition coefficient (Wildman–Crippen LogP) is 2.54. The van der Waals surface area contributed by atoms with Crippen molar-refractivity contribution < 1.29 is 0 Å². The molecule has 0 saturated heterocycles. The Morgan fingerprint density at radius 3 is 2.76 bits per heavy atom. The van der Waals surface area contributed by atoms with E-state index in [1.165, 1.54) is 0 Å². The van der Waals surface area contributed by atoms with E-state index in [-0.39, 0.29) is 0 Å². The molecule has 2 heterocycles. The summed E-state index contributed by atoms with van der Waals surface area (Å²) in [7, 11) is 3.85. The van der Waals surface area contributed by atoms with Gasteiger partial charge in [-0.2, -0.15) is 10.2 Å². The largest absolute Gasteiger partial charge is 0.346 e. The Kier molecular flexibility index (Phi) is 5.00. The van der Waals surface area contributed by atoms with Crippen LogP contribution in [-0.4, -0.2) is 36.6 Å². The van der Waals surface area contributed by atoms with Crippen LogP contribution in [0.25, 0.3) is 0 Å². The molecule has 6 nitrogen and oxygen atoms in total. The fraction of sp³-hybridized carbons (Fsp3) is 0.462. The van der Waals surface area contributed by atoms with Gasteiger partial charge in [-0.1, -0.05) is 0 Å². The zero-order valence-corrected chi connectivity index (χ0v) is 15.0. The van der Waals surface area contributed by atoms with Gasteiger partial charge in [-0.3, -0.25) is 9.36 Å². The van der Waals surface area contributed by atoms with Crippen molar-refractivity contribution >= 4 is 38.9 Å². The van der Waals surface area contributed by atoms with E-state index in [1.54, 1.807) is 6.20 Å². The van der Waals surface area contributed by atoms with E-state index in [4.69, 9.17) is 12.2 Å². The van der Waals surface area contributed by atoms with Gasteiger partial charge in [-0.25, -0.2) is 0 Å². The Balaban J connectivity index is 2.02. The first kappa shape index (κ1) is 16.0. The standard InChI is InChI=1S/C13H19BrN6S/c1-5-20-7-10(14)12(17-20)8-18(3)13(21)16-11-6-15-19(4)9(11)2/h6-7H,5,8H2,1-4H3,(H,16,21). The van der Waals surface area contributed by atoms with Crippen molar-refractivity contribution in [1.29, 1.82) is 0 Å². The molecule has 0 spiro atoms. The molecule has 114 valence electrons. The van der Waals surface area contributed by atoms with Gasteiger partial charge >= 0.3 is 0 Å². The Morgan fingerprint density at radius 1 is 1.52 bits per heavy atom. The first-order valence-electron chi connectivity index (χ1n) is 6.65. The van der Waals surface area contributed by atoms with Crippen molar-refractivity contribution in [3.8, 4) is 0 Å². The van der Waals surface area contributed by atoms with E-state index in [1.807, 2.05) is 41.5 Å². The zero-order chi connectivity index (χ0) is 15.6. The third-order valence-corrected chi connectivity index (χ3v) is 4.40. The summed E-state index contributed by atoms with van der Waals surface area (Å²) in [4.78, 5) is 1.95. The molecule has 0 aliphatic rings. The molecule has 21 heavy (non-hydrogen) atoms. The average molecular weight is 371 g/mol. The van der Waals surface area contributed by atoms with Gasteiger partial charge in [-0.15, -0.1) is 0 Å². The molecule has 0 amide bonds. The lowest BCUT2D eigenvalue weighted by Gasteiger charge is -2.20. The number of hydrogen-bond donors (Lipinski definition) is 1. The van der Waals surface area contributed by atoms with Crippen LogP contribution in [0.15, 0.2) is 16.9 Å². The van der Waals surface area contributed by atoms with Gasteiger partial charge in [0, 0.05) is 26.8 Å². The van der Waals surface area contributed by atoms with Crippen molar-refractivity contribution in [3.05, 3.63) is 28.3 Å². The van der Waals surface area contributed by atoms with E-state index in [2.05, 4.69) is 38.4 Å². The highest BCUT2D eigenvalue weighted by molar-refractivity contribution is 9.10. The fourth-order valence-electron chi connectivity index (χ4n) is 1.83. The molecule has 0 fully saturated rings. The molecule has 0 saturated carbocycles. The Hall–Kier alpha value is -1.41. The summed E-state index contributed by atoms with van der Waals surface area (Å²) in [5.41, 5.74) is 2.93. The number of thiocarbonyl (C=S) groups is 1. The molecule has 0 radical (unpaired) electrons. The minimum atomic E-state index is 0.638. The van der Waals surface area contributed by atoms with Gasteiger partial charge < -0.3 is 10.2 Å². The normalized spacial score (nSPS) is 10.7. The van der Waals surface area contributed by atoms with Crippen LogP contribution in [0.4, 0.5) is 5.69 Å². The summed E-state index contributed by atoms with van der Waals surface area (Å²) in [5, 5.41) is 12.6. The molecule has 2 rings (SSSR count). The third kappa shape index (κ3) is 3.62. The summed E-state index contributed by atoms with van der Waals surface area (Å²) in [6.45, 7) is 5.54. The SMILES string of the molecule is CCn1cc(Br)c(CN(C)C(=S)Nc2cnn(C)c2C)n1. The maximum Gasteiger partial charge on any atom is 0.173 e.